The predicted molar refractivity (Wildman–Crippen MR) is 81.4 cm³/mol. The molecule has 0 spiro atoms. The Kier molecular flexibility index (Phi) is 4.15. The van der Waals surface area contributed by atoms with Crippen molar-refractivity contribution in [2.45, 2.75) is 0 Å². The van der Waals surface area contributed by atoms with Crippen molar-refractivity contribution >= 4 is 23.6 Å². The van der Waals surface area contributed by atoms with Crippen LogP contribution in [0.5, 0.6) is 0 Å². The van der Waals surface area contributed by atoms with Gasteiger partial charge >= 0.3 is 5.97 Å². The molecule has 0 aromatic heterocycles. The van der Waals surface area contributed by atoms with Crippen LogP contribution in [0, 0.1) is 0 Å². The average Bonchev–Trinajstić information content (AvgIpc) is 2.45. The summed E-state index contributed by atoms with van der Waals surface area (Å²) in [4.78, 5) is 17.4. The molecule has 0 aliphatic heterocycles. The van der Waals surface area contributed by atoms with E-state index in [1.807, 2.05) is 43.3 Å². The van der Waals surface area contributed by atoms with Crippen molar-refractivity contribution in [3.05, 3.63) is 59.7 Å². The Balaban J connectivity index is 2.38. The average molecular weight is 268 g/mol. The molecule has 0 unspecified atom stereocenters. The second-order valence-corrected chi connectivity index (χ2v) is 4.53. The zero-order valence-electron chi connectivity index (χ0n) is 11.4. The molecule has 0 aliphatic rings. The molecule has 0 heterocycles. The lowest BCUT2D eigenvalue weighted by Gasteiger charge is -2.14. The van der Waals surface area contributed by atoms with Gasteiger partial charge < -0.3 is 10.0 Å². The van der Waals surface area contributed by atoms with Crippen LogP contribution in [0.1, 0.15) is 15.9 Å². The maximum atomic E-state index is 11.1. The summed E-state index contributed by atoms with van der Waals surface area (Å²) in [6.07, 6.45) is 1.69. The van der Waals surface area contributed by atoms with Gasteiger partial charge in [0.25, 0.3) is 0 Å². The normalized spacial score (nSPS) is 10.7. The van der Waals surface area contributed by atoms with Gasteiger partial charge in [-0.1, -0.05) is 30.3 Å². The fraction of sp³-hybridized carbons (Fsp3) is 0.125. The van der Waals surface area contributed by atoms with E-state index in [1.165, 1.54) is 0 Å². The Morgan fingerprint density at radius 1 is 1.10 bits per heavy atom. The second kappa shape index (κ2) is 6.02. The van der Waals surface area contributed by atoms with Crippen molar-refractivity contribution in [1.29, 1.82) is 0 Å². The molecule has 2 aromatic carbocycles. The highest BCUT2D eigenvalue weighted by Gasteiger charge is 2.07. The first-order valence-corrected chi connectivity index (χ1v) is 6.22. The minimum absolute atomic E-state index is 0.200. The fourth-order valence-electron chi connectivity index (χ4n) is 1.91. The van der Waals surface area contributed by atoms with Crippen molar-refractivity contribution in [2.24, 2.45) is 4.99 Å². The van der Waals surface area contributed by atoms with E-state index in [9.17, 15) is 4.79 Å². The van der Waals surface area contributed by atoms with Crippen molar-refractivity contribution in [2.75, 3.05) is 19.0 Å². The van der Waals surface area contributed by atoms with Crippen LogP contribution in [-0.2, 0) is 0 Å². The summed E-state index contributed by atoms with van der Waals surface area (Å²) < 4.78 is 0. The number of anilines is 1. The molecule has 0 fully saturated rings. The highest BCUT2D eigenvalue weighted by Crippen LogP contribution is 2.21. The summed E-state index contributed by atoms with van der Waals surface area (Å²) in [5.41, 5.74) is 2.63. The minimum atomic E-state index is -0.973. The smallest absolute Gasteiger partial charge is 0.337 e. The molecule has 4 nitrogen and oxygen atoms in total. The number of hydrogen-bond acceptors (Lipinski definition) is 3. The van der Waals surface area contributed by atoms with Gasteiger partial charge in [-0.15, -0.1) is 0 Å². The quantitative estimate of drug-likeness (QED) is 0.866. The Labute approximate surface area is 118 Å². The number of carboxylic acids is 1. The number of rotatable bonds is 4. The van der Waals surface area contributed by atoms with Crippen LogP contribution in [0.3, 0.4) is 0 Å². The first-order valence-electron chi connectivity index (χ1n) is 6.22. The molecule has 4 heteroatoms. The summed E-state index contributed by atoms with van der Waals surface area (Å²) >= 11 is 0. The van der Waals surface area contributed by atoms with Gasteiger partial charge in [-0.3, -0.25) is 4.99 Å². The van der Waals surface area contributed by atoms with Crippen LogP contribution in [0.25, 0.3) is 0 Å². The monoisotopic (exact) mass is 268 g/mol. The molecule has 102 valence electrons. The molecule has 0 radical (unpaired) electrons. The van der Waals surface area contributed by atoms with Gasteiger partial charge in [0.05, 0.1) is 11.3 Å². The molecular weight excluding hydrogens is 252 g/mol. The molecular formula is C16H16N2O2. The number of aromatic carboxylic acids is 1. The van der Waals surface area contributed by atoms with Crippen LogP contribution in [0.4, 0.5) is 11.4 Å². The molecule has 0 amide bonds. The number of carboxylic acid groups (broad SMARTS) is 1. The first-order chi connectivity index (χ1) is 9.59. The third-order valence-electron chi connectivity index (χ3n) is 2.90. The van der Waals surface area contributed by atoms with E-state index in [0.29, 0.717) is 5.69 Å². The lowest BCUT2D eigenvalue weighted by molar-refractivity contribution is 0.0698. The Morgan fingerprint density at radius 2 is 1.75 bits per heavy atom. The molecule has 0 saturated heterocycles. The predicted octanol–water partition coefficient (Wildman–Crippen LogP) is 3.20. The van der Waals surface area contributed by atoms with Crippen LogP contribution >= 0.6 is 0 Å². The summed E-state index contributed by atoms with van der Waals surface area (Å²) in [6.45, 7) is 0. The van der Waals surface area contributed by atoms with Crippen LogP contribution < -0.4 is 4.90 Å². The van der Waals surface area contributed by atoms with Crippen LogP contribution in [-0.4, -0.2) is 31.4 Å². The molecule has 2 aromatic rings. The molecule has 20 heavy (non-hydrogen) atoms. The minimum Gasteiger partial charge on any atom is -0.478 e. The molecule has 0 bridgehead atoms. The zero-order chi connectivity index (χ0) is 14.5. The van der Waals surface area contributed by atoms with Gasteiger partial charge in [0.2, 0.25) is 0 Å². The zero-order valence-corrected chi connectivity index (χ0v) is 11.4. The van der Waals surface area contributed by atoms with Crippen molar-refractivity contribution in [1.82, 2.24) is 0 Å². The Bertz CT molecular complexity index is 648. The van der Waals surface area contributed by atoms with Crippen LogP contribution in [0.2, 0.25) is 0 Å². The van der Waals surface area contributed by atoms with Gasteiger partial charge in [-0.25, -0.2) is 4.79 Å². The first kappa shape index (κ1) is 13.8. The van der Waals surface area contributed by atoms with E-state index < -0.39 is 5.97 Å². The van der Waals surface area contributed by atoms with Gasteiger partial charge in [0.15, 0.2) is 0 Å². The molecule has 0 aliphatic carbocycles. The lowest BCUT2D eigenvalue weighted by atomic mass is 10.1. The van der Waals surface area contributed by atoms with Crippen molar-refractivity contribution in [3.63, 3.8) is 0 Å². The Morgan fingerprint density at radius 3 is 2.45 bits per heavy atom. The third-order valence-corrected chi connectivity index (χ3v) is 2.90. The van der Waals surface area contributed by atoms with E-state index in [1.54, 1.807) is 30.5 Å². The number of benzene rings is 2. The van der Waals surface area contributed by atoms with Gasteiger partial charge in [-0.2, -0.15) is 0 Å². The van der Waals surface area contributed by atoms with E-state index in [0.717, 1.165) is 11.3 Å². The highest BCUT2D eigenvalue weighted by atomic mass is 16.4. The largest absolute Gasteiger partial charge is 0.478 e. The maximum absolute atomic E-state index is 11.1. The molecule has 2 rings (SSSR count). The van der Waals surface area contributed by atoms with E-state index in [-0.39, 0.29) is 5.56 Å². The molecule has 1 N–H and O–H groups in total. The van der Waals surface area contributed by atoms with Crippen molar-refractivity contribution < 1.29 is 9.90 Å². The van der Waals surface area contributed by atoms with E-state index >= 15 is 0 Å². The Hall–Kier alpha value is -2.62. The molecule has 0 saturated carbocycles. The summed E-state index contributed by atoms with van der Waals surface area (Å²) in [5.74, 6) is -0.973. The van der Waals surface area contributed by atoms with Crippen LogP contribution in [0.15, 0.2) is 53.5 Å². The van der Waals surface area contributed by atoms with Gasteiger partial charge in [0.1, 0.15) is 0 Å². The lowest BCUT2D eigenvalue weighted by Crippen LogP contribution is -2.10. The third kappa shape index (κ3) is 3.03. The second-order valence-electron chi connectivity index (χ2n) is 4.53. The number of aliphatic imine (C=N–C) groups is 1. The summed E-state index contributed by atoms with van der Waals surface area (Å²) in [6, 6.07) is 14.5. The summed E-state index contributed by atoms with van der Waals surface area (Å²) in [7, 11) is 3.91. The van der Waals surface area contributed by atoms with Crippen molar-refractivity contribution in [3.8, 4) is 0 Å². The number of hydrogen-bond donors (Lipinski definition) is 1. The number of para-hydroxylation sites is 2. The number of nitrogens with zero attached hydrogens (tertiary/aromatic N) is 2. The maximum Gasteiger partial charge on any atom is 0.337 e. The standard InChI is InChI=1S/C16H16N2O2/c1-18(2)15-10-6-3-7-12(15)11-17-14-9-5-4-8-13(14)16(19)20/h3-11H,1-2H3,(H,19,20). The topological polar surface area (TPSA) is 52.9 Å². The highest BCUT2D eigenvalue weighted by molar-refractivity contribution is 5.96. The fourth-order valence-corrected chi connectivity index (χ4v) is 1.91. The van der Waals surface area contributed by atoms with E-state index in [2.05, 4.69) is 4.99 Å². The SMILES string of the molecule is CN(C)c1ccccc1C=Nc1ccccc1C(=O)O. The summed E-state index contributed by atoms with van der Waals surface area (Å²) in [5, 5.41) is 9.12. The van der Waals surface area contributed by atoms with Gasteiger partial charge in [-0.05, 0) is 18.2 Å². The number of carbonyl (C=O) groups is 1. The van der Waals surface area contributed by atoms with E-state index in [4.69, 9.17) is 5.11 Å². The van der Waals surface area contributed by atoms with Gasteiger partial charge in [0, 0.05) is 31.6 Å². The molecule has 0 atom stereocenters.